The van der Waals surface area contributed by atoms with Crippen molar-refractivity contribution < 1.29 is 4.79 Å². The molecule has 0 aliphatic carbocycles. The van der Waals surface area contributed by atoms with Gasteiger partial charge in [-0.25, -0.2) is 0 Å². The summed E-state index contributed by atoms with van der Waals surface area (Å²) in [5, 5.41) is 0.604. The third kappa shape index (κ3) is 3.66. The molecule has 0 fully saturated rings. The Morgan fingerprint density at radius 1 is 1.19 bits per heavy atom. The van der Waals surface area contributed by atoms with Gasteiger partial charge in [0.15, 0.2) is 0 Å². The Morgan fingerprint density at radius 2 is 1.81 bits per heavy atom. The van der Waals surface area contributed by atoms with Crippen LogP contribution in [0.5, 0.6) is 0 Å². The Labute approximate surface area is 138 Å². The van der Waals surface area contributed by atoms with Crippen LogP contribution >= 0.6 is 27.5 Å². The van der Waals surface area contributed by atoms with E-state index in [1.54, 1.807) is 23.1 Å². The van der Waals surface area contributed by atoms with Crippen LogP contribution in [-0.2, 0) is 0 Å². The van der Waals surface area contributed by atoms with Crippen LogP contribution in [0.25, 0.3) is 0 Å². The average Bonchev–Trinajstić information content (AvgIpc) is 2.46. The summed E-state index contributed by atoms with van der Waals surface area (Å²) in [6.07, 6.45) is 0. The molecular formula is C17H17BrClNO. The van der Waals surface area contributed by atoms with Gasteiger partial charge in [-0.05, 0) is 53.5 Å². The zero-order chi connectivity index (χ0) is 15.6. The van der Waals surface area contributed by atoms with Crippen molar-refractivity contribution in [3.05, 3.63) is 68.7 Å². The lowest BCUT2D eigenvalue weighted by molar-refractivity contribution is 0.0741. The van der Waals surface area contributed by atoms with Gasteiger partial charge in [-0.2, -0.15) is 0 Å². The van der Waals surface area contributed by atoms with Crippen molar-refractivity contribution in [1.82, 2.24) is 4.90 Å². The number of aryl methyl sites for hydroxylation is 1. The lowest BCUT2D eigenvalue weighted by atomic mass is 10.0. The SMILES string of the molecule is Cc1ccc(C(C)N(C)C(=O)c2ccc(Cl)cc2Br)cc1. The molecule has 0 saturated carbocycles. The van der Waals surface area contributed by atoms with E-state index in [-0.39, 0.29) is 11.9 Å². The number of amides is 1. The highest BCUT2D eigenvalue weighted by molar-refractivity contribution is 9.10. The van der Waals surface area contributed by atoms with Crippen LogP contribution in [0.4, 0.5) is 0 Å². The number of hydrogen-bond donors (Lipinski definition) is 0. The van der Waals surface area contributed by atoms with E-state index in [1.165, 1.54) is 5.56 Å². The molecule has 0 N–H and O–H groups in total. The number of rotatable bonds is 3. The number of halogens is 2. The third-order valence-corrected chi connectivity index (χ3v) is 4.51. The first-order valence-electron chi connectivity index (χ1n) is 6.69. The number of benzene rings is 2. The molecule has 2 aromatic rings. The molecule has 2 nitrogen and oxygen atoms in total. The molecule has 0 aliphatic heterocycles. The fourth-order valence-corrected chi connectivity index (χ4v) is 2.95. The molecule has 21 heavy (non-hydrogen) atoms. The Kier molecular flexibility index (Phi) is 5.07. The molecular weight excluding hydrogens is 350 g/mol. The first-order valence-corrected chi connectivity index (χ1v) is 7.86. The van der Waals surface area contributed by atoms with Crippen LogP contribution in [0.1, 0.15) is 34.5 Å². The normalized spacial score (nSPS) is 12.0. The largest absolute Gasteiger partial charge is 0.335 e. The highest BCUT2D eigenvalue weighted by Gasteiger charge is 2.20. The Hall–Kier alpha value is -1.32. The second-order valence-corrected chi connectivity index (χ2v) is 6.42. The molecule has 0 heterocycles. The molecule has 1 unspecified atom stereocenters. The van der Waals surface area contributed by atoms with Crippen molar-refractivity contribution in [3.8, 4) is 0 Å². The topological polar surface area (TPSA) is 20.3 Å². The number of hydrogen-bond acceptors (Lipinski definition) is 1. The molecule has 0 saturated heterocycles. The monoisotopic (exact) mass is 365 g/mol. The van der Waals surface area contributed by atoms with Crippen molar-refractivity contribution >= 4 is 33.4 Å². The van der Waals surface area contributed by atoms with Crippen molar-refractivity contribution in [2.45, 2.75) is 19.9 Å². The van der Waals surface area contributed by atoms with Gasteiger partial charge in [0.25, 0.3) is 5.91 Å². The first-order chi connectivity index (χ1) is 9.90. The van der Waals surface area contributed by atoms with E-state index in [2.05, 4.69) is 40.2 Å². The van der Waals surface area contributed by atoms with Crippen LogP contribution in [-0.4, -0.2) is 17.9 Å². The summed E-state index contributed by atoms with van der Waals surface area (Å²) in [4.78, 5) is 14.3. The van der Waals surface area contributed by atoms with E-state index in [0.717, 1.165) is 5.56 Å². The Balaban J connectivity index is 2.24. The minimum Gasteiger partial charge on any atom is -0.335 e. The highest BCUT2D eigenvalue weighted by atomic mass is 79.9. The van der Waals surface area contributed by atoms with Gasteiger partial charge in [0.05, 0.1) is 11.6 Å². The summed E-state index contributed by atoms with van der Waals surface area (Å²) in [6, 6.07) is 13.4. The molecule has 2 aromatic carbocycles. The summed E-state index contributed by atoms with van der Waals surface area (Å²) < 4.78 is 0.711. The third-order valence-electron chi connectivity index (χ3n) is 3.62. The molecule has 2 rings (SSSR count). The van der Waals surface area contributed by atoms with Crippen molar-refractivity contribution in [2.75, 3.05) is 7.05 Å². The predicted octanol–water partition coefficient (Wildman–Crippen LogP) is 5.24. The average molecular weight is 367 g/mol. The van der Waals surface area contributed by atoms with Crippen molar-refractivity contribution in [1.29, 1.82) is 0 Å². The van der Waals surface area contributed by atoms with E-state index in [9.17, 15) is 4.79 Å². The standard InChI is InChI=1S/C17H17BrClNO/c1-11-4-6-13(7-5-11)12(2)20(3)17(21)15-9-8-14(19)10-16(15)18/h4-10,12H,1-3H3. The molecule has 0 spiro atoms. The fourth-order valence-electron chi connectivity index (χ4n) is 2.10. The fraction of sp³-hybridized carbons (Fsp3) is 0.235. The molecule has 0 radical (unpaired) electrons. The summed E-state index contributed by atoms with van der Waals surface area (Å²) in [5.74, 6) is -0.0355. The Bertz CT molecular complexity index is 654. The van der Waals surface area contributed by atoms with Crippen LogP contribution in [0.2, 0.25) is 5.02 Å². The number of carbonyl (C=O) groups is 1. The predicted molar refractivity (Wildman–Crippen MR) is 90.8 cm³/mol. The molecule has 1 amide bonds. The minimum absolute atomic E-state index is 0.000628. The number of nitrogens with zero attached hydrogens (tertiary/aromatic N) is 1. The summed E-state index contributed by atoms with van der Waals surface area (Å²) in [7, 11) is 1.81. The minimum atomic E-state index is -0.0355. The highest BCUT2D eigenvalue weighted by Crippen LogP contribution is 2.26. The molecule has 0 bridgehead atoms. The van der Waals surface area contributed by atoms with E-state index in [1.807, 2.05) is 20.9 Å². The second-order valence-electron chi connectivity index (χ2n) is 5.13. The molecule has 4 heteroatoms. The quantitative estimate of drug-likeness (QED) is 0.727. The van der Waals surface area contributed by atoms with Gasteiger partial charge < -0.3 is 4.90 Å². The van der Waals surface area contributed by atoms with Crippen LogP contribution in [0, 0.1) is 6.92 Å². The molecule has 0 aromatic heterocycles. The van der Waals surface area contributed by atoms with Gasteiger partial charge in [0, 0.05) is 16.5 Å². The summed E-state index contributed by atoms with van der Waals surface area (Å²) >= 11 is 9.32. The van der Waals surface area contributed by atoms with Crippen LogP contribution in [0.15, 0.2) is 46.9 Å². The molecule has 0 aliphatic rings. The lowest BCUT2D eigenvalue weighted by Gasteiger charge is -2.26. The maximum Gasteiger partial charge on any atom is 0.255 e. The lowest BCUT2D eigenvalue weighted by Crippen LogP contribution is -2.29. The first kappa shape index (κ1) is 16.1. The molecule has 1 atom stereocenters. The number of carbonyl (C=O) groups excluding carboxylic acids is 1. The Morgan fingerprint density at radius 3 is 2.38 bits per heavy atom. The van der Waals surface area contributed by atoms with Gasteiger partial charge in [-0.1, -0.05) is 41.4 Å². The van der Waals surface area contributed by atoms with E-state index < -0.39 is 0 Å². The van der Waals surface area contributed by atoms with Gasteiger partial charge >= 0.3 is 0 Å². The van der Waals surface area contributed by atoms with E-state index in [0.29, 0.717) is 15.1 Å². The smallest absolute Gasteiger partial charge is 0.255 e. The summed E-state index contributed by atoms with van der Waals surface area (Å²) in [6.45, 7) is 4.07. The van der Waals surface area contributed by atoms with Crippen molar-refractivity contribution in [2.24, 2.45) is 0 Å². The van der Waals surface area contributed by atoms with Gasteiger partial charge in [0.2, 0.25) is 0 Å². The summed E-state index contributed by atoms with van der Waals surface area (Å²) in [5.41, 5.74) is 2.93. The van der Waals surface area contributed by atoms with Crippen molar-refractivity contribution in [3.63, 3.8) is 0 Å². The zero-order valence-electron chi connectivity index (χ0n) is 12.2. The van der Waals surface area contributed by atoms with E-state index >= 15 is 0 Å². The zero-order valence-corrected chi connectivity index (χ0v) is 14.6. The van der Waals surface area contributed by atoms with Crippen LogP contribution in [0.3, 0.4) is 0 Å². The van der Waals surface area contributed by atoms with Crippen LogP contribution < -0.4 is 0 Å². The maximum atomic E-state index is 12.6. The van der Waals surface area contributed by atoms with Gasteiger partial charge in [-0.3, -0.25) is 4.79 Å². The van der Waals surface area contributed by atoms with Gasteiger partial charge in [0.1, 0.15) is 0 Å². The van der Waals surface area contributed by atoms with E-state index in [4.69, 9.17) is 11.6 Å². The second kappa shape index (κ2) is 6.63. The maximum absolute atomic E-state index is 12.6. The molecule has 110 valence electrons. The van der Waals surface area contributed by atoms with Gasteiger partial charge in [-0.15, -0.1) is 0 Å².